The Hall–Kier alpha value is -2.63. The second-order valence-corrected chi connectivity index (χ2v) is 3.28. The summed E-state index contributed by atoms with van der Waals surface area (Å²) in [5.41, 5.74) is 0.224. The zero-order chi connectivity index (χ0) is 12.4. The van der Waals surface area contributed by atoms with E-state index in [2.05, 4.69) is 0 Å². The maximum absolute atomic E-state index is 10.9. The van der Waals surface area contributed by atoms with Crippen LogP contribution in [0.2, 0.25) is 0 Å². The molecule has 2 aromatic rings. The summed E-state index contributed by atoms with van der Waals surface area (Å²) in [6.07, 6.45) is 1.23. The van der Waals surface area contributed by atoms with Crippen LogP contribution >= 0.6 is 0 Å². The van der Waals surface area contributed by atoms with E-state index in [1.165, 1.54) is 30.5 Å². The number of benzene rings is 1. The van der Waals surface area contributed by atoms with Crippen molar-refractivity contribution in [2.45, 2.75) is 0 Å². The molecule has 1 aromatic carbocycles. The second-order valence-electron chi connectivity index (χ2n) is 3.28. The Morgan fingerprint density at radius 3 is 2.76 bits per heavy atom. The topological polar surface area (TPSA) is 93.6 Å². The quantitative estimate of drug-likeness (QED) is 0.649. The molecular formula is C11H7NO5. The second kappa shape index (κ2) is 4.09. The maximum atomic E-state index is 10.9. The van der Waals surface area contributed by atoms with E-state index in [4.69, 9.17) is 9.52 Å². The SMILES string of the molecule is O=C(O)c1ccoc1-c1cccc([N+](=O)[O-])c1. The van der Waals surface area contributed by atoms with Gasteiger partial charge in [0.2, 0.25) is 0 Å². The van der Waals surface area contributed by atoms with E-state index in [1.807, 2.05) is 0 Å². The highest BCUT2D eigenvalue weighted by Crippen LogP contribution is 2.27. The number of rotatable bonds is 3. The molecule has 0 aliphatic carbocycles. The van der Waals surface area contributed by atoms with Crippen molar-refractivity contribution in [1.29, 1.82) is 0 Å². The van der Waals surface area contributed by atoms with Crippen molar-refractivity contribution in [1.82, 2.24) is 0 Å². The summed E-state index contributed by atoms with van der Waals surface area (Å²) >= 11 is 0. The highest BCUT2D eigenvalue weighted by molar-refractivity contribution is 5.94. The molecule has 0 atom stereocenters. The van der Waals surface area contributed by atoms with Gasteiger partial charge in [0.05, 0.1) is 11.2 Å². The van der Waals surface area contributed by atoms with E-state index in [-0.39, 0.29) is 17.0 Å². The van der Waals surface area contributed by atoms with Crippen LogP contribution in [-0.2, 0) is 0 Å². The molecule has 6 heteroatoms. The van der Waals surface area contributed by atoms with E-state index >= 15 is 0 Å². The van der Waals surface area contributed by atoms with Crippen LogP contribution in [0, 0.1) is 10.1 Å². The summed E-state index contributed by atoms with van der Waals surface area (Å²) in [5.74, 6) is -1.03. The largest absolute Gasteiger partial charge is 0.478 e. The number of nitro groups is 1. The summed E-state index contributed by atoms with van der Waals surface area (Å²) in [5, 5.41) is 19.5. The van der Waals surface area contributed by atoms with Crippen molar-refractivity contribution in [3.8, 4) is 11.3 Å². The van der Waals surface area contributed by atoms with Crippen LogP contribution in [0.25, 0.3) is 11.3 Å². The molecule has 6 nitrogen and oxygen atoms in total. The summed E-state index contributed by atoms with van der Waals surface area (Å²) in [6.45, 7) is 0. The first-order valence-corrected chi connectivity index (χ1v) is 4.65. The Bertz CT molecular complexity index is 587. The van der Waals surface area contributed by atoms with Crippen LogP contribution in [0.15, 0.2) is 41.0 Å². The molecule has 0 fully saturated rings. The molecule has 0 radical (unpaired) electrons. The van der Waals surface area contributed by atoms with Gasteiger partial charge in [-0.15, -0.1) is 0 Å². The first kappa shape index (κ1) is 10.9. The Balaban J connectivity index is 2.53. The fourth-order valence-electron chi connectivity index (χ4n) is 1.46. The maximum Gasteiger partial charge on any atom is 0.339 e. The van der Waals surface area contributed by atoms with Crippen LogP contribution in [0.5, 0.6) is 0 Å². The van der Waals surface area contributed by atoms with Crippen molar-refractivity contribution in [2.24, 2.45) is 0 Å². The lowest BCUT2D eigenvalue weighted by Gasteiger charge is -1.99. The van der Waals surface area contributed by atoms with Gasteiger partial charge in [-0.05, 0) is 6.07 Å². The van der Waals surface area contributed by atoms with Gasteiger partial charge in [-0.3, -0.25) is 10.1 Å². The number of carboxylic acid groups (broad SMARTS) is 1. The predicted molar refractivity (Wildman–Crippen MR) is 57.8 cm³/mol. The molecule has 1 N–H and O–H groups in total. The first-order chi connectivity index (χ1) is 8.09. The fraction of sp³-hybridized carbons (Fsp3) is 0. The molecule has 0 saturated heterocycles. The third-order valence-corrected chi connectivity index (χ3v) is 2.21. The van der Waals surface area contributed by atoms with Gasteiger partial charge < -0.3 is 9.52 Å². The van der Waals surface area contributed by atoms with Gasteiger partial charge in [-0.2, -0.15) is 0 Å². The molecule has 0 aliphatic heterocycles. The van der Waals surface area contributed by atoms with Crippen LogP contribution in [0.1, 0.15) is 10.4 Å². The predicted octanol–water partition coefficient (Wildman–Crippen LogP) is 2.55. The third kappa shape index (κ3) is 2.00. The lowest BCUT2D eigenvalue weighted by Crippen LogP contribution is -1.96. The average Bonchev–Trinajstić information content (AvgIpc) is 2.78. The Morgan fingerprint density at radius 2 is 2.12 bits per heavy atom. The van der Waals surface area contributed by atoms with Gasteiger partial charge in [0.25, 0.3) is 5.69 Å². The molecule has 1 heterocycles. The number of hydrogen-bond donors (Lipinski definition) is 1. The smallest absolute Gasteiger partial charge is 0.339 e. The van der Waals surface area contributed by atoms with Gasteiger partial charge in [-0.1, -0.05) is 12.1 Å². The van der Waals surface area contributed by atoms with E-state index < -0.39 is 10.9 Å². The third-order valence-electron chi connectivity index (χ3n) is 2.21. The standard InChI is InChI=1S/C11H7NO5/c13-11(14)9-4-5-17-10(9)7-2-1-3-8(6-7)12(15)16/h1-6H,(H,13,14). The number of aromatic carboxylic acids is 1. The van der Waals surface area contributed by atoms with E-state index in [0.29, 0.717) is 5.56 Å². The number of non-ortho nitro benzene ring substituents is 1. The van der Waals surface area contributed by atoms with E-state index in [9.17, 15) is 14.9 Å². The molecule has 0 bridgehead atoms. The molecule has 0 unspecified atom stereocenters. The minimum absolute atomic E-state index is 0.0227. The minimum Gasteiger partial charge on any atom is -0.478 e. The van der Waals surface area contributed by atoms with E-state index in [1.54, 1.807) is 6.07 Å². The number of nitro benzene ring substituents is 1. The van der Waals surface area contributed by atoms with Gasteiger partial charge in [0, 0.05) is 17.7 Å². The number of carboxylic acids is 1. The molecule has 0 spiro atoms. The fourth-order valence-corrected chi connectivity index (χ4v) is 1.46. The van der Waals surface area contributed by atoms with Gasteiger partial charge >= 0.3 is 5.97 Å². The summed E-state index contributed by atoms with van der Waals surface area (Å²) in [6, 6.07) is 6.93. The van der Waals surface area contributed by atoms with Crippen molar-refractivity contribution in [3.63, 3.8) is 0 Å². The zero-order valence-corrected chi connectivity index (χ0v) is 8.49. The van der Waals surface area contributed by atoms with Gasteiger partial charge in [-0.25, -0.2) is 4.79 Å². The van der Waals surface area contributed by atoms with Crippen molar-refractivity contribution in [2.75, 3.05) is 0 Å². The monoisotopic (exact) mass is 233 g/mol. The van der Waals surface area contributed by atoms with Crippen LogP contribution in [-0.4, -0.2) is 16.0 Å². The molecule has 86 valence electrons. The highest BCUT2D eigenvalue weighted by Gasteiger charge is 2.17. The lowest BCUT2D eigenvalue weighted by molar-refractivity contribution is -0.384. The Kier molecular flexibility index (Phi) is 2.61. The van der Waals surface area contributed by atoms with Crippen LogP contribution in [0.3, 0.4) is 0 Å². The van der Waals surface area contributed by atoms with Crippen LogP contribution in [0.4, 0.5) is 5.69 Å². The number of nitrogens with zero attached hydrogens (tertiary/aromatic N) is 1. The average molecular weight is 233 g/mol. The molecule has 1 aromatic heterocycles. The van der Waals surface area contributed by atoms with Crippen molar-refractivity contribution < 1.29 is 19.2 Å². The lowest BCUT2D eigenvalue weighted by atomic mass is 10.1. The number of carbonyl (C=O) groups is 1. The Morgan fingerprint density at radius 1 is 1.35 bits per heavy atom. The van der Waals surface area contributed by atoms with Gasteiger partial charge in [0.1, 0.15) is 11.3 Å². The summed E-state index contributed by atoms with van der Waals surface area (Å²) in [4.78, 5) is 20.9. The molecule has 2 rings (SSSR count). The molecule has 0 saturated carbocycles. The summed E-state index contributed by atoms with van der Waals surface area (Å²) in [7, 11) is 0. The highest BCUT2D eigenvalue weighted by atomic mass is 16.6. The molecular weight excluding hydrogens is 226 g/mol. The van der Waals surface area contributed by atoms with Crippen LogP contribution < -0.4 is 0 Å². The normalized spacial score (nSPS) is 10.1. The van der Waals surface area contributed by atoms with Crippen molar-refractivity contribution in [3.05, 3.63) is 52.3 Å². The summed E-state index contributed by atoms with van der Waals surface area (Å²) < 4.78 is 5.04. The Labute approximate surface area is 95.3 Å². The van der Waals surface area contributed by atoms with Crippen molar-refractivity contribution >= 4 is 11.7 Å². The van der Waals surface area contributed by atoms with E-state index in [0.717, 1.165) is 0 Å². The number of furan rings is 1. The molecule has 0 amide bonds. The van der Waals surface area contributed by atoms with Gasteiger partial charge in [0.15, 0.2) is 0 Å². The number of hydrogen-bond acceptors (Lipinski definition) is 4. The molecule has 0 aliphatic rings. The zero-order valence-electron chi connectivity index (χ0n) is 8.49. The molecule has 17 heavy (non-hydrogen) atoms. The first-order valence-electron chi connectivity index (χ1n) is 4.65. The minimum atomic E-state index is -1.14.